The van der Waals surface area contributed by atoms with E-state index in [4.69, 9.17) is 0 Å². The Morgan fingerprint density at radius 3 is 2.62 bits per heavy atom. The SMILES string of the molecule is C[CH]CNC[SH](=O)=O. The van der Waals surface area contributed by atoms with E-state index in [1.165, 1.54) is 0 Å². The summed E-state index contributed by atoms with van der Waals surface area (Å²) < 4.78 is 19.7. The van der Waals surface area contributed by atoms with Crippen LogP contribution in [0.25, 0.3) is 0 Å². The molecule has 0 aliphatic rings. The van der Waals surface area contributed by atoms with E-state index >= 15 is 0 Å². The molecular formula is C4H10NO2S. The molecule has 0 spiro atoms. The minimum Gasteiger partial charge on any atom is -0.304 e. The average molecular weight is 136 g/mol. The largest absolute Gasteiger partial charge is 0.304 e. The third-order valence-corrected chi connectivity index (χ3v) is 1.07. The van der Waals surface area contributed by atoms with Crippen molar-refractivity contribution in [2.45, 2.75) is 6.92 Å². The third-order valence-electron chi connectivity index (χ3n) is 0.589. The number of thiol groups is 1. The number of hydrogen-bond acceptors (Lipinski definition) is 3. The lowest BCUT2D eigenvalue weighted by atomic mass is 10.5. The fraction of sp³-hybridized carbons (Fsp3) is 0.750. The number of nitrogens with one attached hydrogen (secondary N) is 1. The van der Waals surface area contributed by atoms with Crippen molar-refractivity contribution >= 4 is 10.7 Å². The summed E-state index contributed by atoms with van der Waals surface area (Å²) in [4.78, 5) is 0. The van der Waals surface area contributed by atoms with E-state index < -0.39 is 10.7 Å². The highest BCUT2D eigenvalue weighted by Crippen LogP contribution is 1.65. The monoisotopic (exact) mass is 136 g/mol. The number of rotatable bonds is 4. The fourth-order valence-corrected chi connectivity index (χ4v) is 0.612. The van der Waals surface area contributed by atoms with Gasteiger partial charge < -0.3 is 5.32 Å². The van der Waals surface area contributed by atoms with Gasteiger partial charge in [0, 0.05) is 0 Å². The molecule has 0 heterocycles. The summed E-state index contributed by atoms with van der Waals surface area (Å²) in [6.07, 6.45) is 1.86. The predicted molar refractivity (Wildman–Crippen MR) is 33.2 cm³/mol. The summed E-state index contributed by atoms with van der Waals surface area (Å²) in [6.45, 7) is 2.52. The molecule has 8 heavy (non-hydrogen) atoms. The molecule has 49 valence electrons. The van der Waals surface area contributed by atoms with E-state index in [0.717, 1.165) is 0 Å². The van der Waals surface area contributed by atoms with Crippen LogP contribution in [0.3, 0.4) is 0 Å². The van der Waals surface area contributed by atoms with E-state index in [0.29, 0.717) is 6.54 Å². The molecule has 0 atom stereocenters. The highest BCUT2D eigenvalue weighted by atomic mass is 32.2. The van der Waals surface area contributed by atoms with Gasteiger partial charge in [-0.3, -0.25) is 0 Å². The standard InChI is InChI=1S/C4H10NO2S/c1-2-3-5-4-8(6)7/h2,5,8H,3-4H2,1H3. The lowest BCUT2D eigenvalue weighted by Gasteiger charge is -1.91. The molecular weight excluding hydrogens is 126 g/mol. The van der Waals surface area contributed by atoms with Crippen LogP contribution in [0, 0.1) is 6.42 Å². The van der Waals surface area contributed by atoms with Crippen molar-refractivity contribution in [3.63, 3.8) is 0 Å². The van der Waals surface area contributed by atoms with Gasteiger partial charge in [-0.05, 0) is 13.0 Å². The molecule has 1 N–H and O–H groups in total. The van der Waals surface area contributed by atoms with Gasteiger partial charge in [-0.25, -0.2) is 8.42 Å². The van der Waals surface area contributed by atoms with Gasteiger partial charge in [0.15, 0.2) is 10.7 Å². The van der Waals surface area contributed by atoms with Crippen LogP contribution in [0.1, 0.15) is 6.92 Å². The first-order valence-electron chi connectivity index (χ1n) is 2.37. The maximum Gasteiger partial charge on any atom is 0.153 e. The molecule has 0 saturated carbocycles. The lowest BCUT2D eigenvalue weighted by Crippen LogP contribution is -2.16. The molecule has 0 aliphatic carbocycles. The van der Waals surface area contributed by atoms with E-state index in [9.17, 15) is 8.42 Å². The smallest absolute Gasteiger partial charge is 0.153 e. The molecule has 0 unspecified atom stereocenters. The van der Waals surface area contributed by atoms with Crippen molar-refractivity contribution < 1.29 is 8.42 Å². The summed E-state index contributed by atoms with van der Waals surface area (Å²) in [6, 6.07) is 0. The summed E-state index contributed by atoms with van der Waals surface area (Å²) >= 11 is 0. The molecule has 0 aromatic rings. The molecule has 0 amide bonds. The van der Waals surface area contributed by atoms with Crippen LogP contribution >= 0.6 is 0 Å². The fourth-order valence-electron chi connectivity index (χ4n) is 0.300. The van der Waals surface area contributed by atoms with Gasteiger partial charge in [-0.15, -0.1) is 0 Å². The molecule has 1 radical (unpaired) electrons. The van der Waals surface area contributed by atoms with Gasteiger partial charge in [0.25, 0.3) is 0 Å². The van der Waals surface area contributed by atoms with Crippen LogP contribution in [0.2, 0.25) is 0 Å². The van der Waals surface area contributed by atoms with Crippen LogP contribution < -0.4 is 5.32 Å². The number of hydrogen-bond donors (Lipinski definition) is 2. The lowest BCUT2D eigenvalue weighted by molar-refractivity contribution is 0.608. The molecule has 0 aromatic heterocycles. The Bertz CT molecular complexity index is 103. The van der Waals surface area contributed by atoms with Crippen molar-refractivity contribution in [1.82, 2.24) is 5.32 Å². The molecule has 3 nitrogen and oxygen atoms in total. The minimum atomic E-state index is -2.24. The first kappa shape index (κ1) is 7.91. The topological polar surface area (TPSA) is 46.2 Å². The second-order valence-electron chi connectivity index (χ2n) is 1.35. The Hall–Kier alpha value is -0.0900. The van der Waals surface area contributed by atoms with Gasteiger partial charge in [0.1, 0.15) is 0 Å². The van der Waals surface area contributed by atoms with Gasteiger partial charge in [-0.2, -0.15) is 0 Å². The Balaban J connectivity index is 2.94. The van der Waals surface area contributed by atoms with Crippen LogP contribution in [-0.2, 0) is 10.7 Å². The second kappa shape index (κ2) is 5.05. The normalized spacial score (nSPS) is 10.2. The zero-order chi connectivity index (χ0) is 6.41. The van der Waals surface area contributed by atoms with Crippen molar-refractivity contribution in [2.24, 2.45) is 0 Å². The van der Waals surface area contributed by atoms with E-state index in [-0.39, 0.29) is 5.88 Å². The summed E-state index contributed by atoms with van der Waals surface area (Å²) in [7, 11) is -2.24. The highest BCUT2D eigenvalue weighted by Gasteiger charge is 1.82. The maximum atomic E-state index is 9.83. The van der Waals surface area contributed by atoms with E-state index in [1.807, 2.05) is 13.3 Å². The minimum absolute atomic E-state index is 0.0830. The first-order valence-corrected chi connectivity index (χ1v) is 3.74. The van der Waals surface area contributed by atoms with Crippen molar-refractivity contribution in [3.05, 3.63) is 6.42 Å². The predicted octanol–water partition coefficient (Wildman–Crippen LogP) is -0.631. The Kier molecular flexibility index (Phi) is 5.00. The zero-order valence-electron chi connectivity index (χ0n) is 4.76. The van der Waals surface area contributed by atoms with Gasteiger partial charge >= 0.3 is 0 Å². The van der Waals surface area contributed by atoms with Crippen molar-refractivity contribution in [3.8, 4) is 0 Å². The maximum absolute atomic E-state index is 9.83. The molecule has 0 rings (SSSR count). The van der Waals surface area contributed by atoms with E-state index in [1.54, 1.807) is 0 Å². The Labute approximate surface area is 51.0 Å². The van der Waals surface area contributed by atoms with Crippen LogP contribution in [0.15, 0.2) is 0 Å². The highest BCUT2D eigenvalue weighted by molar-refractivity contribution is 7.72. The average Bonchev–Trinajstić information content (AvgIpc) is 1.66. The van der Waals surface area contributed by atoms with Crippen molar-refractivity contribution in [1.29, 1.82) is 0 Å². The van der Waals surface area contributed by atoms with Crippen LogP contribution in [0.5, 0.6) is 0 Å². The quantitative estimate of drug-likeness (QED) is 0.399. The Morgan fingerprint density at radius 1 is 1.62 bits per heavy atom. The summed E-state index contributed by atoms with van der Waals surface area (Å²) in [5.74, 6) is 0.0830. The first-order chi connectivity index (χ1) is 3.77. The molecule has 0 bridgehead atoms. The molecule has 0 aromatic carbocycles. The zero-order valence-corrected chi connectivity index (χ0v) is 5.65. The summed E-state index contributed by atoms with van der Waals surface area (Å²) in [5.41, 5.74) is 0. The van der Waals surface area contributed by atoms with Gasteiger partial charge in [0.05, 0.1) is 5.88 Å². The van der Waals surface area contributed by atoms with Crippen LogP contribution in [-0.4, -0.2) is 20.8 Å². The van der Waals surface area contributed by atoms with E-state index in [2.05, 4.69) is 5.32 Å². The molecule has 0 aliphatic heterocycles. The van der Waals surface area contributed by atoms with Gasteiger partial charge in [-0.1, -0.05) is 6.92 Å². The molecule has 0 fully saturated rings. The van der Waals surface area contributed by atoms with Gasteiger partial charge in [0.2, 0.25) is 0 Å². The van der Waals surface area contributed by atoms with Crippen LogP contribution in [0.4, 0.5) is 0 Å². The third kappa shape index (κ3) is 5.91. The summed E-state index contributed by atoms with van der Waals surface area (Å²) in [5, 5.41) is 2.68. The van der Waals surface area contributed by atoms with Crippen molar-refractivity contribution in [2.75, 3.05) is 12.4 Å². The molecule has 4 heteroatoms. The Morgan fingerprint density at radius 2 is 2.25 bits per heavy atom. The second-order valence-corrected chi connectivity index (χ2v) is 2.33. The molecule has 0 saturated heterocycles.